The van der Waals surface area contributed by atoms with Crippen LogP contribution >= 0.6 is 0 Å². The molecule has 1 N–H and O–H groups in total. The van der Waals surface area contributed by atoms with Crippen molar-refractivity contribution in [2.45, 2.75) is 58.2 Å². The Morgan fingerprint density at radius 3 is 2.50 bits per heavy atom. The summed E-state index contributed by atoms with van der Waals surface area (Å²) in [5.74, 6) is 0.431. The second kappa shape index (κ2) is 8.30. The average molecular weight is 431 g/mol. The summed E-state index contributed by atoms with van der Waals surface area (Å²) in [6.45, 7) is 7.78. The largest absolute Gasteiger partial charge is 0.487 e. The van der Waals surface area contributed by atoms with Gasteiger partial charge in [0.05, 0.1) is 18.0 Å². The molecule has 0 spiro atoms. The number of hydrogen-bond acceptors (Lipinski definition) is 4. The number of anilines is 1. The number of amides is 1. The number of nitrogens with one attached hydrogen (secondary N) is 1. The molecule has 0 saturated heterocycles. The first-order chi connectivity index (χ1) is 14.0. The molecule has 0 unspecified atom stereocenters. The Morgan fingerprint density at radius 1 is 1.23 bits per heavy atom. The van der Waals surface area contributed by atoms with Crippen molar-refractivity contribution < 1.29 is 17.9 Å². The molecule has 0 bridgehead atoms. The number of aryl methyl sites for hydroxylation is 1. The molecule has 2 aromatic rings. The Hall–Kier alpha value is -2.54. The molecule has 0 saturated carbocycles. The van der Waals surface area contributed by atoms with Crippen molar-refractivity contribution in [2.24, 2.45) is 0 Å². The van der Waals surface area contributed by atoms with Gasteiger partial charge in [-0.25, -0.2) is 8.42 Å². The van der Waals surface area contributed by atoms with Crippen LogP contribution in [0.2, 0.25) is 0 Å². The quantitative estimate of drug-likeness (QED) is 0.753. The van der Waals surface area contributed by atoms with Crippen LogP contribution in [0.15, 0.2) is 48.5 Å². The first-order valence-corrected chi connectivity index (χ1v) is 12.0. The molecule has 0 aliphatic carbocycles. The van der Waals surface area contributed by atoms with Crippen LogP contribution in [-0.4, -0.2) is 32.2 Å². The minimum Gasteiger partial charge on any atom is -0.487 e. The molecule has 0 fully saturated rings. The van der Waals surface area contributed by atoms with E-state index in [-0.39, 0.29) is 11.9 Å². The van der Waals surface area contributed by atoms with E-state index in [0.717, 1.165) is 23.1 Å². The lowest BCUT2D eigenvalue weighted by Gasteiger charge is -2.39. The van der Waals surface area contributed by atoms with Crippen molar-refractivity contribution in [1.82, 2.24) is 5.32 Å². The molecule has 6 nitrogen and oxygen atoms in total. The Labute approximate surface area is 179 Å². The fraction of sp³-hybridized carbons (Fsp3) is 0.435. The molecule has 2 atom stereocenters. The second-order valence-electron chi connectivity index (χ2n) is 8.49. The van der Waals surface area contributed by atoms with Gasteiger partial charge in [-0.05, 0) is 45.4 Å². The van der Waals surface area contributed by atoms with E-state index < -0.39 is 21.7 Å². The SMILES string of the molecule is CC[C@@H](C(=O)N[C@@H]1CC(C)(C)Oc2ccc(C)cc21)N(c1ccccc1)S(C)(=O)=O. The van der Waals surface area contributed by atoms with Crippen LogP contribution in [0.5, 0.6) is 5.75 Å². The maximum atomic E-state index is 13.4. The Bertz CT molecular complexity index is 1020. The second-order valence-corrected chi connectivity index (χ2v) is 10.3. The third-order valence-electron chi connectivity index (χ3n) is 5.28. The zero-order valence-electron chi connectivity index (χ0n) is 18.2. The van der Waals surface area contributed by atoms with Crippen LogP contribution in [0.1, 0.15) is 50.8 Å². The molecular weight excluding hydrogens is 400 g/mol. The van der Waals surface area contributed by atoms with Gasteiger partial charge < -0.3 is 10.1 Å². The fourth-order valence-corrected chi connectivity index (χ4v) is 5.22. The number of benzene rings is 2. The molecule has 162 valence electrons. The molecule has 3 rings (SSSR count). The van der Waals surface area contributed by atoms with Crippen molar-refractivity contribution in [3.05, 3.63) is 59.7 Å². The maximum absolute atomic E-state index is 13.4. The highest BCUT2D eigenvalue weighted by molar-refractivity contribution is 7.92. The van der Waals surface area contributed by atoms with E-state index in [4.69, 9.17) is 4.74 Å². The van der Waals surface area contributed by atoms with Crippen molar-refractivity contribution in [3.63, 3.8) is 0 Å². The monoisotopic (exact) mass is 430 g/mol. The number of fused-ring (bicyclic) bond motifs is 1. The van der Waals surface area contributed by atoms with Crippen molar-refractivity contribution >= 4 is 21.6 Å². The summed E-state index contributed by atoms with van der Waals surface area (Å²) >= 11 is 0. The molecule has 2 aromatic carbocycles. The lowest BCUT2D eigenvalue weighted by molar-refractivity contribution is -0.123. The van der Waals surface area contributed by atoms with Gasteiger partial charge in [0, 0.05) is 12.0 Å². The molecule has 1 heterocycles. The maximum Gasteiger partial charge on any atom is 0.244 e. The van der Waals surface area contributed by atoms with E-state index in [1.807, 2.05) is 52.0 Å². The number of sulfonamides is 1. The van der Waals surface area contributed by atoms with Crippen molar-refractivity contribution in [1.29, 1.82) is 0 Å². The van der Waals surface area contributed by atoms with Gasteiger partial charge in [0.25, 0.3) is 0 Å². The minimum absolute atomic E-state index is 0.262. The molecule has 7 heteroatoms. The van der Waals surface area contributed by atoms with Crippen LogP contribution in [0.3, 0.4) is 0 Å². The summed E-state index contributed by atoms with van der Waals surface area (Å²) < 4.78 is 32.5. The van der Waals surface area contributed by atoms with E-state index in [9.17, 15) is 13.2 Å². The van der Waals surface area contributed by atoms with Crippen LogP contribution in [0.25, 0.3) is 0 Å². The summed E-state index contributed by atoms with van der Waals surface area (Å²) in [7, 11) is -3.66. The predicted octanol–water partition coefficient (Wildman–Crippen LogP) is 3.96. The molecule has 0 aromatic heterocycles. The van der Waals surface area contributed by atoms with Gasteiger partial charge >= 0.3 is 0 Å². The molecule has 30 heavy (non-hydrogen) atoms. The summed E-state index contributed by atoms with van der Waals surface area (Å²) in [4.78, 5) is 13.4. The minimum atomic E-state index is -3.66. The average Bonchev–Trinajstić information content (AvgIpc) is 2.65. The Balaban J connectivity index is 1.94. The van der Waals surface area contributed by atoms with E-state index in [1.165, 1.54) is 4.31 Å². The molecule has 1 amide bonds. The number of rotatable bonds is 6. The molecular formula is C23H30N2O4S. The number of ether oxygens (including phenoxy) is 1. The first-order valence-electron chi connectivity index (χ1n) is 10.2. The molecule has 1 aliphatic rings. The van der Waals surface area contributed by atoms with Gasteiger partial charge in [-0.1, -0.05) is 42.8 Å². The Kier molecular flexibility index (Phi) is 6.13. The normalized spacial score (nSPS) is 18.6. The van der Waals surface area contributed by atoms with Crippen LogP contribution in [-0.2, 0) is 14.8 Å². The topological polar surface area (TPSA) is 75.7 Å². The fourth-order valence-electron chi connectivity index (χ4n) is 4.01. The highest BCUT2D eigenvalue weighted by Crippen LogP contribution is 2.40. The van der Waals surface area contributed by atoms with Gasteiger partial charge in [0.15, 0.2) is 0 Å². The number of hydrogen-bond donors (Lipinski definition) is 1. The number of carbonyl (C=O) groups is 1. The lowest BCUT2D eigenvalue weighted by Crippen LogP contribution is -2.51. The zero-order chi connectivity index (χ0) is 22.1. The number of para-hydroxylation sites is 1. The third-order valence-corrected chi connectivity index (χ3v) is 6.46. The van der Waals surface area contributed by atoms with Crippen LogP contribution in [0.4, 0.5) is 5.69 Å². The van der Waals surface area contributed by atoms with E-state index in [2.05, 4.69) is 5.32 Å². The standard InChI is InChI=1S/C23H30N2O4S/c1-6-20(25(30(5,27)28)17-10-8-7-9-11-17)22(26)24-19-15-23(3,4)29-21-13-12-16(2)14-18(19)21/h7-14,19-20H,6,15H2,1-5H3,(H,24,26)/t19-,20+/m1/s1. The van der Waals surface area contributed by atoms with Crippen molar-refractivity contribution in [3.8, 4) is 5.75 Å². The predicted molar refractivity (Wildman–Crippen MR) is 119 cm³/mol. The smallest absolute Gasteiger partial charge is 0.244 e. The summed E-state index contributed by atoms with van der Waals surface area (Å²) in [6.07, 6.45) is 2.07. The van der Waals surface area contributed by atoms with E-state index >= 15 is 0 Å². The highest BCUT2D eigenvalue weighted by Gasteiger charge is 2.37. The third kappa shape index (κ3) is 4.78. The van der Waals surface area contributed by atoms with E-state index in [1.54, 1.807) is 24.3 Å². The van der Waals surface area contributed by atoms with Gasteiger partial charge in [-0.15, -0.1) is 0 Å². The van der Waals surface area contributed by atoms with E-state index in [0.29, 0.717) is 18.5 Å². The zero-order valence-corrected chi connectivity index (χ0v) is 19.0. The van der Waals surface area contributed by atoms with Gasteiger partial charge in [0.1, 0.15) is 17.4 Å². The highest BCUT2D eigenvalue weighted by atomic mass is 32.2. The van der Waals surface area contributed by atoms with Gasteiger partial charge in [-0.3, -0.25) is 9.10 Å². The summed E-state index contributed by atoms with van der Waals surface area (Å²) in [6, 6.07) is 13.6. The lowest BCUT2D eigenvalue weighted by atomic mass is 9.88. The summed E-state index contributed by atoms with van der Waals surface area (Å²) in [5.41, 5.74) is 2.02. The Morgan fingerprint density at radius 2 is 1.90 bits per heavy atom. The van der Waals surface area contributed by atoms with Crippen LogP contribution < -0.4 is 14.4 Å². The summed E-state index contributed by atoms with van der Waals surface area (Å²) in [5, 5.41) is 3.11. The van der Waals surface area contributed by atoms with Crippen LogP contribution in [0, 0.1) is 6.92 Å². The molecule has 1 aliphatic heterocycles. The number of nitrogens with zero attached hydrogens (tertiary/aromatic N) is 1. The van der Waals surface area contributed by atoms with Gasteiger partial charge in [0.2, 0.25) is 15.9 Å². The van der Waals surface area contributed by atoms with Crippen molar-refractivity contribution in [2.75, 3.05) is 10.6 Å². The molecule has 0 radical (unpaired) electrons. The number of carbonyl (C=O) groups excluding carboxylic acids is 1. The van der Waals surface area contributed by atoms with Gasteiger partial charge in [-0.2, -0.15) is 0 Å². The first kappa shape index (κ1) is 22.2.